The van der Waals surface area contributed by atoms with Crippen LogP contribution in [0.25, 0.3) is 28.3 Å². The third-order valence-electron chi connectivity index (χ3n) is 7.21. The zero-order chi connectivity index (χ0) is 23.3. The lowest BCUT2D eigenvalue weighted by Crippen LogP contribution is -2.33. The van der Waals surface area contributed by atoms with Crippen LogP contribution in [0.4, 0.5) is 5.69 Å². The number of nitriles is 1. The molecule has 7 nitrogen and oxygen atoms in total. The molecule has 0 saturated carbocycles. The summed E-state index contributed by atoms with van der Waals surface area (Å²) in [6.07, 6.45) is 5.17. The van der Waals surface area contributed by atoms with E-state index in [1.165, 1.54) is 17.7 Å². The second-order valence-corrected chi connectivity index (χ2v) is 9.78. The van der Waals surface area contributed by atoms with Crippen LogP contribution in [0.5, 0.6) is 0 Å². The summed E-state index contributed by atoms with van der Waals surface area (Å²) in [6.45, 7) is 6.30. The average molecular weight is 450 g/mol. The van der Waals surface area contributed by atoms with Gasteiger partial charge in [0.1, 0.15) is 6.33 Å². The molecular weight excluding hydrogens is 422 g/mol. The maximum absolute atomic E-state index is 9.12. The Hall–Kier alpha value is -3.89. The highest BCUT2D eigenvalue weighted by molar-refractivity contribution is 5.72. The molecule has 1 fully saturated rings. The van der Waals surface area contributed by atoms with Gasteiger partial charge in [-0.1, -0.05) is 19.1 Å². The number of hydrogen-bond donors (Lipinski definition) is 1. The molecule has 170 valence electrons. The Labute approximate surface area is 199 Å². The number of hydrogen-bond acceptors (Lipinski definition) is 5. The Morgan fingerprint density at radius 1 is 1.12 bits per heavy atom. The van der Waals surface area contributed by atoms with Crippen molar-refractivity contribution in [3.63, 3.8) is 0 Å². The zero-order valence-electron chi connectivity index (χ0n) is 19.5. The molecular formula is C27H27N7. The molecule has 0 spiro atoms. The van der Waals surface area contributed by atoms with Crippen LogP contribution in [0.3, 0.4) is 0 Å². The summed E-state index contributed by atoms with van der Waals surface area (Å²) >= 11 is 0. The normalized spacial score (nSPS) is 18.7. The lowest BCUT2D eigenvalue weighted by Gasteiger charge is -2.26. The van der Waals surface area contributed by atoms with Crippen molar-refractivity contribution in [1.29, 1.82) is 5.26 Å². The minimum atomic E-state index is 0.298. The topological polar surface area (TPSA) is 74.7 Å². The molecule has 2 aromatic carbocycles. The molecule has 0 aliphatic carbocycles. The van der Waals surface area contributed by atoms with Crippen LogP contribution in [0.1, 0.15) is 24.5 Å². The van der Waals surface area contributed by atoms with Gasteiger partial charge in [-0.3, -0.25) is 4.57 Å². The van der Waals surface area contributed by atoms with E-state index >= 15 is 0 Å². The Bertz CT molecular complexity index is 1410. The van der Waals surface area contributed by atoms with Crippen molar-refractivity contribution < 1.29 is 0 Å². The van der Waals surface area contributed by atoms with Crippen LogP contribution in [0.15, 0.2) is 61.1 Å². The first kappa shape index (κ1) is 20.7. The Balaban J connectivity index is 1.38. The lowest BCUT2D eigenvalue weighted by atomic mass is 9.90. The van der Waals surface area contributed by atoms with Gasteiger partial charge in [0.25, 0.3) is 0 Å². The Kier molecular flexibility index (Phi) is 4.78. The summed E-state index contributed by atoms with van der Waals surface area (Å²) in [5.41, 5.74) is 7.85. The van der Waals surface area contributed by atoms with Crippen molar-refractivity contribution in [2.75, 3.05) is 31.6 Å². The van der Waals surface area contributed by atoms with Crippen LogP contribution in [-0.4, -0.2) is 46.0 Å². The number of anilines is 1. The molecule has 2 aliphatic rings. The molecule has 4 aromatic rings. The highest BCUT2D eigenvalue weighted by Gasteiger charge is 2.33. The SMILES string of the molecule is CNCC1(C)CCN(c2ccc3c(c2)Cn2cc(-c4ccc(C#N)cc4)cc2-c2nncn2-3)C1. The highest BCUT2D eigenvalue weighted by Crippen LogP contribution is 2.37. The zero-order valence-corrected chi connectivity index (χ0v) is 19.5. The first-order chi connectivity index (χ1) is 16.6. The quantitative estimate of drug-likeness (QED) is 0.448. The molecule has 1 N–H and O–H groups in total. The van der Waals surface area contributed by atoms with E-state index in [0.29, 0.717) is 11.0 Å². The van der Waals surface area contributed by atoms with Crippen molar-refractivity contribution in [2.24, 2.45) is 5.41 Å². The van der Waals surface area contributed by atoms with E-state index < -0.39 is 0 Å². The van der Waals surface area contributed by atoms with Gasteiger partial charge in [-0.05, 0) is 66.4 Å². The van der Waals surface area contributed by atoms with E-state index in [0.717, 1.165) is 54.5 Å². The summed E-state index contributed by atoms with van der Waals surface area (Å²) in [7, 11) is 2.04. The average Bonchev–Trinajstić information content (AvgIpc) is 3.57. The summed E-state index contributed by atoms with van der Waals surface area (Å²) in [4.78, 5) is 2.51. The standard InChI is InChI=1S/C27H27N7/c1-27(16-29-2)9-10-32(17-27)23-7-8-24-22(11-23)15-33-14-21(20-5-3-19(13-28)4-6-20)12-25(33)26-31-30-18-34(24)26/h3-8,11-12,14,18,29H,9-10,15-17H2,1-2H3. The van der Waals surface area contributed by atoms with Gasteiger partial charge in [0, 0.05) is 43.6 Å². The van der Waals surface area contributed by atoms with Gasteiger partial charge in [-0.25, -0.2) is 0 Å². The van der Waals surface area contributed by atoms with Gasteiger partial charge in [0.2, 0.25) is 0 Å². The molecule has 6 rings (SSSR count). The summed E-state index contributed by atoms with van der Waals surface area (Å²) in [6, 6.07) is 18.9. The first-order valence-corrected chi connectivity index (χ1v) is 11.7. The molecule has 1 unspecified atom stereocenters. The highest BCUT2D eigenvalue weighted by atomic mass is 15.3. The summed E-state index contributed by atoms with van der Waals surface area (Å²) in [5, 5.41) is 21.2. The molecule has 2 aliphatic heterocycles. The Morgan fingerprint density at radius 2 is 1.97 bits per heavy atom. The van der Waals surface area contributed by atoms with Gasteiger partial charge in [-0.2, -0.15) is 5.26 Å². The van der Waals surface area contributed by atoms with Crippen LogP contribution < -0.4 is 10.2 Å². The minimum absolute atomic E-state index is 0.298. The number of rotatable bonds is 4. The van der Waals surface area contributed by atoms with Crippen molar-refractivity contribution in [2.45, 2.75) is 19.9 Å². The largest absolute Gasteiger partial charge is 0.371 e. The van der Waals surface area contributed by atoms with Crippen LogP contribution in [0.2, 0.25) is 0 Å². The predicted octanol–water partition coefficient (Wildman–Crippen LogP) is 4.07. The summed E-state index contributed by atoms with van der Waals surface area (Å²) < 4.78 is 4.36. The van der Waals surface area contributed by atoms with E-state index in [-0.39, 0.29) is 0 Å². The van der Waals surface area contributed by atoms with E-state index in [1.807, 2.05) is 31.3 Å². The fourth-order valence-corrected chi connectivity index (χ4v) is 5.44. The molecule has 7 heteroatoms. The third-order valence-corrected chi connectivity index (χ3v) is 7.21. The van der Waals surface area contributed by atoms with Gasteiger partial charge >= 0.3 is 0 Å². The molecule has 4 heterocycles. The van der Waals surface area contributed by atoms with Crippen molar-refractivity contribution in [3.05, 3.63) is 72.2 Å². The molecule has 2 aromatic heterocycles. The maximum atomic E-state index is 9.12. The number of fused-ring (bicyclic) bond motifs is 5. The molecule has 0 radical (unpaired) electrons. The van der Waals surface area contributed by atoms with Crippen LogP contribution >= 0.6 is 0 Å². The lowest BCUT2D eigenvalue weighted by molar-refractivity contribution is 0.356. The van der Waals surface area contributed by atoms with Gasteiger partial charge in [0.05, 0.1) is 23.0 Å². The van der Waals surface area contributed by atoms with E-state index in [9.17, 15) is 0 Å². The van der Waals surface area contributed by atoms with Crippen LogP contribution in [0, 0.1) is 16.7 Å². The fourth-order valence-electron chi connectivity index (χ4n) is 5.44. The van der Waals surface area contributed by atoms with Gasteiger partial charge in [-0.15, -0.1) is 10.2 Å². The van der Waals surface area contributed by atoms with E-state index in [4.69, 9.17) is 5.26 Å². The van der Waals surface area contributed by atoms with E-state index in [2.05, 4.69) is 73.0 Å². The second-order valence-electron chi connectivity index (χ2n) is 9.78. The molecule has 0 bridgehead atoms. The second kappa shape index (κ2) is 7.86. The molecule has 1 atom stereocenters. The number of benzene rings is 2. The minimum Gasteiger partial charge on any atom is -0.371 e. The van der Waals surface area contributed by atoms with E-state index in [1.54, 1.807) is 6.33 Å². The van der Waals surface area contributed by atoms with Crippen LogP contribution in [-0.2, 0) is 6.54 Å². The fraction of sp³-hybridized carbons (Fsp3) is 0.296. The molecule has 34 heavy (non-hydrogen) atoms. The monoisotopic (exact) mass is 449 g/mol. The first-order valence-electron chi connectivity index (χ1n) is 11.7. The number of nitrogens with one attached hydrogen (secondary N) is 1. The third kappa shape index (κ3) is 3.39. The number of nitrogens with zero attached hydrogens (tertiary/aromatic N) is 6. The van der Waals surface area contributed by atoms with Crippen molar-refractivity contribution in [3.8, 4) is 34.4 Å². The summed E-state index contributed by atoms with van der Waals surface area (Å²) in [5.74, 6) is 0.842. The van der Waals surface area contributed by atoms with Gasteiger partial charge < -0.3 is 14.8 Å². The van der Waals surface area contributed by atoms with Crippen molar-refractivity contribution in [1.82, 2.24) is 24.6 Å². The number of aromatic nitrogens is 4. The smallest absolute Gasteiger partial charge is 0.185 e. The maximum Gasteiger partial charge on any atom is 0.185 e. The van der Waals surface area contributed by atoms with Crippen molar-refractivity contribution >= 4 is 5.69 Å². The molecule has 1 saturated heterocycles. The predicted molar refractivity (Wildman–Crippen MR) is 133 cm³/mol. The molecule has 0 amide bonds. The Morgan fingerprint density at radius 3 is 2.76 bits per heavy atom. The van der Waals surface area contributed by atoms with Gasteiger partial charge in [0.15, 0.2) is 5.82 Å².